The molecule has 3 aromatic rings. The molecular formula is C25H25Cl2N3O3S. The highest BCUT2D eigenvalue weighted by Crippen LogP contribution is 2.29. The van der Waals surface area contributed by atoms with E-state index in [0.29, 0.717) is 32.5 Å². The number of amides is 1. The van der Waals surface area contributed by atoms with Gasteiger partial charge in [-0.1, -0.05) is 29.3 Å². The Kier molecular flexibility index (Phi) is 7.36. The van der Waals surface area contributed by atoms with Gasteiger partial charge in [0.15, 0.2) is 0 Å². The van der Waals surface area contributed by atoms with Crippen molar-refractivity contribution < 1.29 is 13.2 Å². The van der Waals surface area contributed by atoms with Gasteiger partial charge in [-0.25, -0.2) is 8.42 Å². The van der Waals surface area contributed by atoms with Crippen LogP contribution in [0.3, 0.4) is 0 Å². The Hall–Kier alpha value is -2.74. The smallest absolute Gasteiger partial charge is 0.255 e. The quantitative estimate of drug-likeness (QED) is 0.429. The molecule has 0 aliphatic carbocycles. The van der Waals surface area contributed by atoms with Crippen LogP contribution in [0.2, 0.25) is 10.0 Å². The first-order chi connectivity index (χ1) is 16.2. The first kappa shape index (κ1) is 24.4. The summed E-state index contributed by atoms with van der Waals surface area (Å²) >= 11 is 12.5. The highest BCUT2D eigenvalue weighted by molar-refractivity contribution is 7.92. The van der Waals surface area contributed by atoms with E-state index in [4.69, 9.17) is 23.2 Å². The van der Waals surface area contributed by atoms with Crippen molar-refractivity contribution in [3.8, 4) is 0 Å². The minimum Gasteiger partial charge on any atom is -0.372 e. The molecule has 1 saturated heterocycles. The van der Waals surface area contributed by atoms with Gasteiger partial charge in [0.25, 0.3) is 5.91 Å². The lowest BCUT2D eigenvalue weighted by Gasteiger charge is -2.23. The van der Waals surface area contributed by atoms with Crippen LogP contribution in [-0.4, -0.2) is 33.7 Å². The van der Waals surface area contributed by atoms with Gasteiger partial charge in [0.1, 0.15) is 0 Å². The summed E-state index contributed by atoms with van der Waals surface area (Å²) in [5, 5.41) is 3.65. The number of hydrogen-bond donors (Lipinski definition) is 1. The number of nitrogens with zero attached hydrogens (tertiary/aromatic N) is 2. The Balaban J connectivity index is 1.48. The molecule has 1 heterocycles. The molecule has 1 amide bonds. The van der Waals surface area contributed by atoms with Crippen molar-refractivity contribution in [3.05, 3.63) is 87.9 Å². The van der Waals surface area contributed by atoms with E-state index in [-0.39, 0.29) is 12.5 Å². The maximum absolute atomic E-state index is 12.7. The van der Waals surface area contributed by atoms with Gasteiger partial charge in [-0.05, 0) is 73.5 Å². The number of carbonyl (C=O) groups is 1. The molecule has 0 bridgehead atoms. The summed E-state index contributed by atoms with van der Waals surface area (Å²) in [5.41, 5.74) is 3.18. The fourth-order valence-electron chi connectivity index (χ4n) is 3.94. The molecule has 9 heteroatoms. The van der Waals surface area contributed by atoms with Crippen LogP contribution >= 0.6 is 23.2 Å². The standard InChI is InChI=1S/C25H25Cl2N3O3S/c1-34(32,33)30(17-22-23(26)5-4-6-24(22)27)21-11-7-18(8-12-21)25(31)28-19-9-13-20(14-10-19)29-15-2-3-16-29/h4-14H,2-3,15-17H2,1H3,(H,28,31). The van der Waals surface area contributed by atoms with Gasteiger partial charge < -0.3 is 10.2 Å². The zero-order valence-corrected chi connectivity index (χ0v) is 21.0. The number of nitrogens with one attached hydrogen (secondary N) is 1. The molecule has 0 unspecified atom stereocenters. The molecule has 1 aliphatic heterocycles. The Morgan fingerprint density at radius 2 is 1.53 bits per heavy atom. The van der Waals surface area contributed by atoms with Gasteiger partial charge in [-0.15, -0.1) is 0 Å². The highest BCUT2D eigenvalue weighted by atomic mass is 35.5. The average Bonchev–Trinajstić information content (AvgIpc) is 3.34. The maximum atomic E-state index is 12.7. The van der Waals surface area contributed by atoms with Crippen LogP contribution in [0.4, 0.5) is 17.1 Å². The first-order valence-electron chi connectivity index (χ1n) is 10.9. The van der Waals surface area contributed by atoms with Gasteiger partial charge >= 0.3 is 0 Å². The normalized spacial score (nSPS) is 13.7. The third-order valence-corrected chi connectivity index (χ3v) is 7.63. The zero-order chi connectivity index (χ0) is 24.3. The second kappa shape index (κ2) is 10.3. The second-order valence-electron chi connectivity index (χ2n) is 8.21. The van der Waals surface area contributed by atoms with Gasteiger partial charge in [0.2, 0.25) is 10.0 Å². The van der Waals surface area contributed by atoms with Gasteiger partial charge in [0.05, 0.1) is 18.5 Å². The summed E-state index contributed by atoms with van der Waals surface area (Å²) in [6.07, 6.45) is 3.53. The number of rotatable bonds is 7. The van der Waals surface area contributed by atoms with Crippen LogP contribution in [0.1, 0.15) is 28.8 Å². The molecule has 1 N–H and O–H groups in total. The largest absolute Gasteiger partial charge is 0.372 e. The molecule has 0 atom stereocenters. The predicted octanol–water partition coefficient (Wildman–Crippen LogP) is 5.81. The summed E-state index contributed by atoms with van der Waals surface area (Å²) < 4.78 is 26.2. The van der Waals surface area contributed by atoms with E-state index in [0.717, 1.165) is 25.0 Å². The van der Waals surface area contributed by atoms with Crippen molar-refractivity contribution in [2.75, 3.05) is 33.9 Å². The van der Waals surface area contributed by atoms with Crippen LogP contribution in [0.5, 0.6) is 0 Å². The fraction of sp³-hybridized carbons (Fsp3) is 0.240. The molecule has 1 aliphatic rings. The van der Waals surface area contributed by atoms with E-state index >= 15 is 0 Å². The lowest BCUT2D eigenvalue weighted by Crippen LogP contribution is -2.29. The number of halogens is 2. The Bertz CT molecular complexity index is 1250. The third-order valence-electron chi connectivity index (χ3n) is 5.78. The zero-order valence-electron chi connectivity index (χ0n) is 18.7. The summed E-state index contributed by atoms with van der Waals surface area (Å²) in [6, 6.07) is 19.2. The van der Waals surface area contributed by atoms with E-state index in [9.17, 15) is 13.2 Å². The van der Waals surface area contributed by atoms with Crippen LogP contribution in [0.25, 0.3) is 0 Å². The topological polar surface area (TPSA) is 69.7 Å². The summed E-state index contributed by atoms with van der Waals surface area (Å²) in [4.78, 5) is 15.1. The van der Waals surface area contributed by atoms with Crippen LogP contribution in [0, 0.1) is 0 Å². The first-order valence-corrected chi connectivity index (χ1v) is 13.5. The van der Waals surface area contributed by atoms with Crippen LogP contribution in [-0.2, 0) is 16.6 Å². The molecule has 0 radical (unpaired) electrons. The molecule has 1 fully saturated rings. The average molecular weight is 518 g/mol. The minimum absolute atomic E-state index is 0.0216. The van der Waals surface area contributed by atoms with Crippen molar-refractivity contribution in [2.45, 2.75) is 19.4 Å². The molecule has 3 aromatic carbocycles. The lowest BCUT2D eigenvalue weighted by atomic mass is 10.1. The highest BCUT2D eigenvalue weighted by Gasteiger charge is 2.21. The van der Waals surface area contributed by atoms with E-state index < -0.39 is 10.0 Å². The summed E-state index contributed by atoms with van der Waals surface area (Å²) in [7, 11) is -3.63. The SMILES string of the molecule is CS(=O)(=O)N(Cc1c(Cl)cccc1Cl)c1ccc(C(=O)Nc2ccc(N3CCCC3)cc2)cc1. The second-order valence-corrected chi connectivity index (χ2v) is 10.9. The van der Waals surface area contributed by atoms with Crippen LogP contribution < -0.4 is 14.5 Å². The van der Waals surface area contributed by atoms with E-state index in [1.807, 2.05) is 24.3 Å². The molecule has 0 spiro atoms. The van der Waals surface area contributed by atoms with E-state index in [1.54, 1.807) is 42.5 Å². The molecule has 0 aromatic heterocycles. The predicted molar refractivity (Wildman–Crippen MR) is 140 cm³/mol. The Labute approximate surface area is 210 Å². The molecule has 4 rings (SSSR count). The molecule has 34 heavy (non-hydrogen) atoms. The van der Waals surface area contributed by atoms with Crippen molar-refractivity contribution in [1.29, 1.82) is 0 Å². The molecule has 178 valence electrons. The van der Waals surface area contributed by atoms with Gasteiger partial charge in [-0.3, -0.25) is 9.10 Å². The molecule has 0 saturated carbocycles. The number of sulfonamides is 1. The monoisotopic (exact) mass is 517 g/mol. The molecule has 6 nitrogen and oxygen atoms in total. The molecular weight excluding hydrogens is 493 g/mol. The van der Waals surface area contributed by atoms with E-state index in [1.165, 1.54) is 17.1 Å². The van der Waals surface area contributed by atoms with E-state index in [2.05, 4.69) is 10.2 Å². The maximum Gasteiger partial charge on any atom is 0.255 e. The van der Waals surface area contributed by atoms with Crippen molar-refractivity contribution in [3.63, 3.8) is 0 Å². The van der Waals surface area contributed by atoms with Gasteiger partial charge in [0, 0.05) is 45.6 Å². The lowest BCUT2D eigenvalue weighted by molar-refractivity contribution is 0.102. The summed E-state index contributed by atoms with van der Waals surface area (Å²) in [5.74, 6) is -0.277. The summed E-state index contributed by atoms with van der Waals surface area (Å²) in [6.45, 7) is 2.10. The fourth-order valence-corrected chi connectivity index (χ4v) is 5.33. The Morgan fingerprint density at radius 1 is 0.941 bits per heavy atom. The number of hydrogen-bond acceptors (Lipinski definition) is 4. The number of carbonyl (C=O) groups excluding carboxylic acids is 1. The Morgan fingerprint density at radius 3 is 2.09 bits per heavy atom. The number of benzene rings is 3. The minimum atomic E-state index is -3.63. The van der Waals surface area contributed by atoms with Crippen molar-refractivity contribution >= 4 is 56.2 Å². The number of anilines is 3. The van der Waals surface area contributed by atoms with Gasteiger partial charge in [-0.2, -0.15) is 0 Å². The van der Waals surface area contributed by atoms with Crippen molar-refractivity contribution in [1.82, 2.24) is 0 Å². The third kappa shape index (κ3) is 5.66. The van der Waals surface area contributed by atoms with Crippen LogP contribution in [0.15, 0.2) is 66.7 Å². The van der Waals surface area contributed by atoms with Crippen molar-refractivity contribution in [2.24, 2.45) is 0 Å².